The fourth-order valence-corrected chi connectivity index (χ4v) is 1.06. The molecular weight excluding hydrogens is 286 g/mol. The van der Waals surface area contributed by atoms with Crippen LogP contribution in [0.1, 0.15) is 13.8 Å². The minimum atomic E-state index is -1.37. The Bertz CT molecular complexity index is 388. The summed E-state index contributed by atoms with van der Waals surface area (Å²) in [5.41, 5.74) is 16.0. The van der Waals surface area contributed by atoms with Gasteiger partial charge in [-0.2, -0.15) is 0 Å². The molecule has 5 atom stereocenters. The van der Waals surface area contributed by atoms with Crippen LogP contribution in [0.5, 0.6) is 0 Å². The van der Waals surface area contributed by atoms with Crippen molar-refractivity contribution in [2.45, 2.75) is 44.2 Å². The summed E-state index contributed by atoms with van der Waals surface area (Å²) in [6, 6.07) is -3.98. The van der Waals surface area contributed by atoms with Crippen LogP contribution in [-0.2, 0) is 23.9 Å². The number of carboxylic acid groups (broad SMARTS) is 1. The zero-order chi connectivity index (χ0) is 16.7. The Morgan fingerprint density at radius 2 is 1.57 bits per heavy atom. The smallest absolute Gasteiger partial charge is 0.326 e. The standard InChI is InChI=1S/C11H21N3O7/c1-4(15)7(13)11(19)21-5(2)8(14)10(18)20-3-6(12)9(16)17/h4-8,15H,3,12-14H2,1-2H3,(H,16,17)/t4-,5-,6+,7+,8+/m1/s1. The molecule has 0 aliphatic carbocycles. The van der Waals surface area contributed by atoms with E-state index in [0.29, 0.717) is 0 Å². The van der Waals surface area contributed by atoms with Crippen molar-refractivity contribution in [2.24, 2.45) is 17.2 Å². The number of carbonyl (C=O) groups is 3. The maximum absolute atomic E-state index is 11.5. The number of carboxylic acids is 1. The summed E-state index contributed by atoms with van der Waals surface area (Å²) in [5.74, 6) is -3.24. The van der Waals surface area contributed by atoms with Crippen LogP contribution in [0.3, 0.4) is 0 Å². The topological polar surface area (TPSA) is 188 Å². The first-order valence-corrected chi connectivity index (χ1v) is 6.12. The number of aliphatic hydroxyl groups is 1. The molecular formula is C11H21N3O7. The molecule has 122 valence electrons. The van der Waals surface area contributed by atoms with Gasteiger partial charge in [0.25, 0.3) is 0 Å². The van der Waals surface area contributed by atoms with Crippen molar-refractivity contribution in [2.75, 3.05) is 6.61 Å². The van der Waals surface area contributed by atoms with E-state index in [0.717, 1.165) is 0 Å². The Kier molecular flexibility index (Phi) is 7.81. The van der Waals surface area contributed by atoms with Gasteiger partial charge >= 0.3 is 17.9 Å². The van der Waals surface area contributed by atoms with Crippen LogP contribution in [0.2, 0.25) is 0 Å². The number of esters is 2. The summed E-state index contributed by atoms with van der Waals surface area (Å²) < 4.78 is 9.41. The molecule has 8 N–H and O–H groups in total. The number of carbonyl (C=O) groups excluding carboxylic acids is 2. The lowest BCUT2D eigenvalue weighted by molar-refractivity contribution is -0.159. The molecule has 0 unspecified atom stereocenters. The minimum absolute atomic E-state index is 0.560. The Morgan fingerprint density at radius 1 is 1.05 bits per heavy atom. The predicted octanol–water partition coefficient (Wildman–Crippen LogP) is -3.09. The fourth-order valence-electron chi connectivity index (χ4n) is 1.06. The zero-order valence-corrected chi connectivity index (χ0v) is 11.8. The van der Waals surface area contributed by atoms with Gasteiger partial charge in [-0.05, 0) is 13.8 Å². The van der Waals surface area contributed by atoms with Crippen molar-refractivity contribution in [3.05, 3.63) is 0 Å². The van der Waals surface area contributed by atoms with E-state index in [-0.39, 0.29) is 0 Å². The Morgan fingerprint density at radius 3 is 2.00 bits per heavy atom. The van der Waals surface area contributed by atoms with Crippen LogP contribution in [0.15, 0.2) is 0 Å². The van der Waals surface area contributed by atoms with E-state index in [1.165, 1.54) is 13.8 Å². The molecule has 0 fully saturated rings. The number of rotatable bonds is 8. The van der Waals surface area contributed by atoms with E-state index in [2.05, 4.69) is 4.74 Å². The molecule has 0 amide bonds. The van der Waals surface area contributed by atoms with Crippen LogP contribution < -0.4 is 17.2 Å². The molecule has 0 rings (SSSR count). The molecule has 0 aromatic heterocycles. The monoisotopic (exact) mass is 307 g/mol. The lowest BCUT2D eigenvalue weighted by atomic mass is 10.1. The van der Waals surface area contributed by atoms with Gasteiger partial charge in [0.15, 0.2) is 0 Å². The number of aliphatic carboxylic acids is 1. The first kappa shape index (κ1) is 19.2. The summed E-state index contributed by atoms with van der Waals surface area (Å²) in [6.07, 6.45) is -2.20. The van der Waals surface area contributed by atoms with Crippen molar-refractivity contribution in [3.63, 3.8) is 0 Å². The van der Waals surface area contributed by atoms with Crippen LogP contribution in [0, 0.1) is 0 Å². The van der Waals surface area contributed by atoms with Gasteiger partial charge in [-0.1, -0.05) is 0 Å². The third-order valence-electron chi connectivity index (χ3n) is 2.59. The molecule has 0 saturated heterocycles. The predicted molar refractivity (Wildman–Crippen MR) is 69.8 cm³/mol. The molecule has 0 radical (unpaired) electrons. The number of ether oxygens (including phenoxy) is 2. The Labute approximate surface area is 121 Å². The highest BCUT2D eigenvalue weighted by atomic mass is 16.6. The van der Waals surface area contributed by atoms with Gasteiger partial charge < -0.3 is 36.9 Å². The molecule has 0 aliphatic heterocycles. The summed E-state index contributed by atoms with van der Waals surface area (Å²) in [7, 11) is 0. The molecule has 0 aromatic rings. The van der Waals surface area contributed by atoms with Gasteiger partial charge in [0.1, 0.15) is 30.8 Å². The van der Waals surface area contributed by atoms with Crippen molar-refractivity contribution < 1.29 is 34.1 Å². The van der Waals surface area contributed by atoms with Crippen LogP contribution in [-0.4, -0.2) is 65.1 Å². The van der Waals surface area contributed by atoms with Gasteiger partial charge in [0.05, 0.1) is 6.10 Å². The SMILES string of the molecule is C[C@@H](O)[C@H](N)C(=O)O[C@H](C)[C@H](N)C(=O)OC[C@H](N)C(=O)O. The van der Waals surface area contributed by atoms with Crippen molar-refractivity contribution >= 4 is 17.9 Å². The molecule has 0 bridgehead atoms. The van der Waals surface area contributed by atoms with Gasteiger partial charge in [-0.15, -0.1) is 0 Å². The molecule has 0 aliphatic rings. The summed E-state index contributed by atoms with van der Waals surface area (Å²) >= 11 is 0. The zero-order valence-electron chi connectivity index (χ0n) is 11.8. The van der Waals surface area contributed by atoms with Gasteiger partial charge in [0.2, 0.25) is 0 Å². The molecule has 10 heteroatoms. The summed E-state index contributed by atoms with van der Waals surface area (Å²) in [5, 5.41) is 17.7. The lowest BCUT2D eigenvalue weighted by Gasteiger charge is -2.22. The molecule has 0 aromatic carbocycles. The third kappa shape index (κ3) is 6.49. The second-order valence-electron chi connectivity index (χ2n) is 4.51. The van der Waals surface area contributed by atoms with Gasteiger partial charge in [-0.25, -0.2) is 0 Å². The first-order valence-electron chi connectivity index (χ1n) is 6.12. The average Bonchev–Trinajstić information content (AvgIpc) is 2.41. The van der Waals surface area contributed by atoms with E-state index in [1.54, 1.807) is 0 Å². The van der Waals surface area contributed by atoms with Crippen LogP contribution >= 0.6 is 0 Å². The third-order valence-corrected chi connectivity index (χ3v) is 2.59. The van der Waals surface area contributed by atoms with Crippen molar-refractivity contribution in [1.82, 2.24) is 0 Å². The van der Waals surface area contributed by atoms with Crippen LogP contribution in [0.25, 0.3) is 0 Å². The Balaban J connectivity index is 4.37. The second kappa shape index (κ2) is 8.52. The molecule has 21 heavy (non-hydrogen) atoms. The van der Waals surface area contributed by atoms with Crippen LogP contribution in [0.4, 0.5) is 0 Å². The fraction of sp³-hybridized carbons (Fsp3) is 0.727. The molecule has 0 heterocycles. The van der Waals surface area contributed by atoms with Crippen molar-refractivity contribution in [3.8, 4) is 0 Å². The largest absolute Gasteiger partial charge is 0.480 e. The van der Waals surface area contributed by atoms with Gasteiger partial charge in [-0.3, -0.25) is 14.4 Å². The number of nitrogens with two attached hydrogens (primary N) is 3. The highest BCUT2D eigenvalue weighted by molar-refractivity contribution is 5.80. The summed E-state index contributed by atoms with van der Waals surface area (Å²) in [6.45, 7) is 2.07. The van der Waals surface area contributed by atoms with Crippen molar-refractivity contribution in [1.29, 1.82) is 0 Å². The number of hydrogen-bond donors (Lipinski definition) is 5. The average molecular weight is 307 g/mol. The highest BCUT2D eigenvalue weighted by Crippen LogP contribution is 2.03. The molecule has 0 spiro atoms. The second-order valence-corrected chi connectivity index (χ2v) is 4.51. The Hall–Kier alpha value is -1.75. The van der Waals surface area contributed by atoms with Gasteiger partial charge in [0, 0.05) is 0 Å². The minimum Gasteiger partial charge on any atom is -0.480 e. The summed E-state index contributed by atoms with van der Waals surface area (Å²) in [4.78, 5) is 33.4. The van der Waals surface area contributed by atoms with E-state index < -0.39 is 54.8 Å². The lowest BCUT2D eigenvalue weighted by Crippen LogP contribution is -2.49. The maximum Gasteiger partial charge on any atom is 0.326 e. The van der Waals surface area contributed by atoms with E-state index in [9.17, 15) is 14.4 Å². The number of hydrogen-bond acceptors (Lipinski definition) is 9. The maximum atomic E-state index is 11.5. The number of aliphatic hydroxyl groups excluding tert-OH is 1. The van der Waals surface area contributed by atoms with E-state index >= 15 is 0 Å². The molecule has 10 nitrogen and oxygen atoms in total. The van der Waals surface area contributed by atoms with E-state index in [1.807, 2.05) is 0 Å². The first-order chi connectivity index (χ1) is 9.57. The normalized spacial score (nSPS) is 18.0. The highest BCUT2D eigenvalue weighted by Gasteiger charge is 2.29. The molecule has 0 saturated carbocycles. The van der Waals surface area contributed by atoms with E-state index in [4.69, 9.17) is 32.2 Å². The quantitative estimate of drug-likeness (QED) is 0.287.